The number of carbonyl (C=O) groups excluding carboxylic acids is 1. The number of halogens is 2. The summed E-state index contributed by atoms with van der Waals surface area (Å²) in [7, 11) is 1.66. The molecule has 36 heavy (non-hydrogen) atoms. The molecule has 0 atom stereocenters. The van der Waals surface area contributed by atoms with E-state index in [2.05, 4.69) is 10.1 Å². The molecule has 0 unspecified atom stereocenters. The van der Waals surface area contributed by atoms with Gasteiger partial charge in [-0.1, -0.05) is 6.07 Å². The molecule has 2 aromatic carbocycles. The maximum Gasteiger partial charge on any atom is 0.267 e. The van der Waals surface area contributed by atoms with E-state index >= 15 is 0 Å². The molecule has 5 aromatic rings. The van der Waals surface area contributed by atoms with Gasteiger partial charge in [-0.25, -0.2) is 13.8 Å². The first kappa shape index (κ1) is 22.9. The number of pyridine rings is 2. The second-order valence-electron chi connectivity index (χ2n) is 8.11. The molecule has 5 rings (SSSR count). The molecule has 0 bridgehead atoms. The minimum absolute atomic E-state index is 0.0488. The van der Waals surface area contributed by atoms with Crippen LogP contribution in [0.5, 0.6) is 11.5 Å². The average molecular weight is 487 g/mol. The number of nitrogens with zero attached hydrogens (tertiary/aromatic N) is 4. The van der Waals surface area contributed by atoms with Crippen molar-refractivity contribution >= 4 is 22.6 Å². The quantitative estimate of drug-likeness (QED) is 0.360. The molecule has 0 aliphatic rings. The van der Waals surface area contributed by atoms with Crippen LogP contribution in [0.4, 0.5) is 14.6 Å². The summed E-state index contributed by atoms with van der Waals surface area (Å²) >= 11 is 0. The Balaban J connectivity index is 1.47. The van der Waals surface area contributed by atoms with Crippen molar-refractivity contribution < 1.29 is 18.3 Å². The molecule has 3 aromatic heterocycles. The van der Waals surface area contributed by atoms with Gasteiger partial charge in [0.25, 0.3) is 5.56 Å². The molecular formula is C26H19F2N5O3. The van der Waals surface area contributed by atoms with E-state index < -0.39 is 23.0 Å². The fraction of sp³-hybridized carbons (Fsp3) is 0.0769. The molecule has 0 amide bonds. The largest absolute Gasteiger partial charge is 0.454 e. The molecule has 0 spiro atoms. The number of rotatable bonds is 6. The number of ether oxygens (including phenoxy) is 1. The van der Waals surface area contributed by atoms with Gasteiger partial charge in [-0.2, -0.15) is 5.10 Å². The molecule has 0 saturated heterocycles. The van der Waals surface area contributed by atoms with E-state index in [9.17, 15) is 18.4 Å². The average Bonchev–Trinajstić information content (AvgIpc) is 3.21. The lowest BCUT2D eigenvalue weighted by Gasteiger charge is -2.12. The summed E-state index contributed by atoms with van der Waals surface area (Å²) < 4.78 is 36.5. The van der Waals surface area contributed by atoms with Crippen molar-refractivity contribution in [1.29, 1.82) is 0 Å². The van der Waals surface area contributed by atoms with Gasteiger partial charge in [0.1, 0.15) is 23.0 Å². The number of ketones is 1. The Labute approximate surface area is 203 Å². The Morgan fingerprint density at radius 2 is 1.83 bits per heavy atom. The number of aromatic nitrogens is 4. The van der Waals surface area contributed by atoms with Crippen molar-refractivity contribution in [3.05, 3.63) is 106 Å². The summed E-state index contributed by atoms with van der Waals surface area (Å²) in [6.07, 6.45) is 2.75. The van der Waals surface area contributed by atoms with Gasteiger partial charge in [0.2, 0.25) is 0 Å². The smallest absolute Gasteiger partial charge is 0.267 e. The zero-order valence-electron chi connectivity index (χ0n) is 19.0. The van der Waals surface area contributed by atoms with Gasteiger partial charge < -0.3 is 10.5 Å². The third-order valence-corrected chi connectivity index (χ3v) is 5.61. The third-order valence-electron chi connectivity index (χ3n) is 5.61. The maximum atomic E-state index is 14.7. The van der Waals surface area contributed by atoms with Crippen molar-refractivity contribution in [3.63, 3.8) is 0 Å². The summed E-state index contributed by atoms with van der Waals surface area (Å²) in [5.74, 6) is -1.14. The summed E-state index contributed by atoms with van der Waals surface area (Å²) in [4.78, 5) is 30.4. The maximum absolute atomic E-state index is 14.7. The van der Waals surface area contributed by atoms with Crippen LogP contribution in [0.15, 0.2) is 77.9 Å². The van der Waals surface area contributed by atoms with Crippen molar-refractivity contribution in [1.82, 2.24) is 19.3 Å². The Morgan fingerprint density at radius 1 is 1.06 bits per heavy atom. The fourth-order valence-electron chi connectivity index (χ4n) is 3.92. The number of hydrogen-bond donors (Lipinski definition) is 1. The second kappa shape index (κ2) is 9.06. The minimum atomic E-state index is -0.679. The van der Waals surface area contributed by atoms with E-state index in [1.807, 2.05) is 0 Å². The van der Waals surface area contributed by atoms with E-state index in [1.165, 1.54) is 76.2 Å². The van der Waals surface area contributed by atoms with Gasteiger partial charge in [0.15, 0.2) is 17.3 Å². The standard InChI is InChI=1S/C26H19F2N5O3/c1-32-25-16(14-31-32)12-20(26(35)33(25)18-5-3-17(27)4-6-18)22(34)11-15-2-7-23(21(28)10-15)36-19-8-9-30-24(29)13-19/h2-10,12-14H,11H2,1H3,(H2,29,30). The number of Topliss-reactive ketones (excluding diaryl/α,β-unsaturated/α-hetero) is 1. The summed E-state index contributed by atoms with van der Waals surface area (Å²) in [5.41, 5.74) is 6.13. The summed E-state index contributed by atoms with van der Waals surface area (Å²) in [6.45, 7) is 0. The van der Waals surface area contributed by atoms with Gasteiger partial charge in [-0.05, 0) is 54.1 Å². The van der Waals surface area contributed by atoms with Crippen LogP contribution < -0.4 is 16.0 Å². The van der Waals surface area contributed by atoms with Crippen LogP contribution in [-0.4, -0.2) is 25.1 Å². The molecule has 10 heteroatoms. The Bertz CT molecular complexity index is 1680. The second-order valence-corrected chi connectivity index (χ2v) is 8.11. The van der Waals surface area contributed by atoms with Crippen molar-refractivity contribution in [3.8, 4) is 17.2 Å². The third kappa shape index (κ3) is 4.31. The van der Waals surface area contributed by atoms with Crippen LogP contribution in [0.3, 0.4) is 0 Å². The number of carbonyl (C=O) groups is 1. The number of fused-ring (bicyclic) bond motifs is 1. The Kier molecular flexibility index (Phi) is 5.77. The minimum Gasteiger partial charge on any atom is -0.454 e. The lowest BCUT2D eigenvalue weighted by Crippen LogP contribution is -2.27. The number of benzene rings is 2. The van der Waals surface area contributed by atoms with Crippen LogP contribution in [0.2, 0.25) is 0 Å². The highest BCUT2D eigenvalue weighted by Gasteiger charge is 2.20. The molecule has 0 aliphatic carbocycles. The number of anilines is 1. The van der Waals surface area contributed by atoms with E-state index in [4.69, 9.17) is 10.5 Å². The van der Waals surface area contributed by atoms with E-state index in [1.54, 1.807) is 13.1 Å². The molecule has 8 nitrogen and oxygen atoms in total. The SMILES string of the molecule is Cn1ncc2cc(C(=O)Cc3ccc(Oc4ccnc(N)c4)c(F)c3)c(=O)n(-c3ccc(F)cc3)c21. The van der Waals surface area contributed by atoms with E-state index in [0.29, 0.717) is 28.0 Å². The van der Waals surface area contributed by atoms with Crippen LogP contribution in [0.1, 0.15) is 15.9 Å². The zero-order chi connectivity index (χ0) is 25.4. The molecular weight excluding hydrogens is 468 g/mol. The van der Waals surface area contributed by atoms with Crippen molar-refractivity contribution in [2.75, 3.05) is 5.73 Å². The van der Waals surface area contributed by atoms with Crippen LogP contribution in [0.25, 0.3) is 16.7 Å². The Morgan fingerprint density at radius 3 is 2.56 bits per heavy atom. The van der Waals surface area contributed by atoms with Crippen LogP contribution >= 0.6 is 0 Å². The molecule has 0 radical (unpaired) electrons. The Hall–Kier alpha value is -4.86. The molecule has 0 aliphatic heterocycles. The molecule has 0 fully saturated rings. The highest BCUT2D eigenvalue weighted by Crippen LogP contribution is 2.26. The van der Waals surface area contributed by atoms with Gasteiger partial charge in [0.05, 0.1) is 17.4 Å². The van der Waals surface area contributed by atoms with E-state index in [-0.39, 0.29) is 23.6 Å². The first-order chi connectivity index (χ1) is 17.3. The normalized spacial score (nSPS) is 11.1. The van der Waals surface area contributed by atoms with Gasteiger partial charge in [-0.15, -0.1) is 0 Å². The first-order valence-corrected chi connectivity index (χ1v) is 10.8. The monoisotopic (exact) mass is 487 g/mol. The number of aryl methyl sites for hydroxylation is 1. The van der Waals surface area contributed by atoms with Gasteiger partial charge in [-0.3, -0.25) is 18.8 Å². The molecule has 180 valence electrons. The lowest BCUT2D eigenvalue weighted by atomic mass is 10.0. The number of nitrogens with two attached hydrogens (primary N) is 1. The van der Waals surface area contributed by atoms with Gasteiger partial charge in [0, 0.05) is 31.1 Å². The summed E-state index contributed by atoms with van der Waals surface area (Å²) in [5, 5.41) is 4.73. The van der Waals surface area contributed by atoms with Crippen LogP contribution in [-0.2, 0) is 13.5 Å². The van der Waals surface area contributed by atoms with Gasteiger partial charge >= 0.3 is 0 Å². The number of nitrogen functional groups attached to an aromatic ring is 1. The molecule has 3 heterocycles. The number of hydrogen-bond acceptors (Lipinski definition) is 6. The predicted octanol–water partition coefficient (Wildman–Crippen LogP) is 4.20. The topological polar surface area (TPSA) is 105 Å². The highest BCUT2D eigenvalue weighted by molar-refractivity contribution is 6.00. The lowest BCUT2D eigenvalue weighted by molar-refractivity contribution is 0.0991. The molecule has 2 N–H and O–H groups in total. The molecule has 0 saturated carbocycles. The highest BCUT2D eigenvalue weighted by atomic mass is 19.1. The fourth-order valence-corrected chi connectivity index (χ4v) is 3.92. The van der Waals surface area contributed by atoms with Crippen molar-refractivity contribution in [2.24, 2.45) is 7.05 Å². The predicted molar refractivity (Wildman–Crippen MR) is 129 cm³/mol. The zero-order valence-corrected chi connectivity index (χ0v) is 19.0. The van der Waals surface area contributed by atoms with Crippen LogP contribution in [0, 0.1) is 11.6 Å². The summed E-state index contributed by atoms with van der Waals surface area (Å²) in [6, 6.07) is 13.9. The van der Waals surface area contributed by atoms with Crippen molar-refractivity contribution in [2.45, 2.75) is 6.42 Å². The first-order valence-electron chi connectivity index (χ1n) is 10.8. The van der Waals surface area contributed by atoms with E-state index in [0.717, 1.165) is 0 Å².